The molecule has 4 atom stereocenters. The molecule has 300 valence electrons. The number of thiophene rings is 1. The third-order valence-corrected chi connectivity index (χ3v) is 16.2. The molecule has 0 radical (unpaired) electrons. The molecule has 7 aliphatic rings. The highest BCUT2D eigenvalue weighted by Crippen LogP contribution is 2.62. The number of rotatable bonds is 7. The van der Waals surface area contributed by atoms with E-state index in [0.29, 0.717) is 54.8 Å². The van der Waals surface area contributed by atoms with E-state index >= 15 is 0 Å². The van der Waals surface area contributed by atoms with E-state index in [1.807, 2.05) is 66.4 Å². The minimum atomic E-state index is -1.23. The van der Waals surface area contributed by atoms with E-state index in [-0.39, 0.29) is 29.8 Å². The summed E-state index contributed by atoms with van der Waals surface area (Å²) in [4.78, 5) is 32.9. The van der Waals surface area contributed by atoms with Crippen molar-refractivity contribution >= 4 is 34.0 Å². The van der Waals surface area contributed by atoms with Crippen LogP contribution in [-0.2, 0) is 6.42 Å². The molecular weight excluding hydrogens is 727 g/mol. The van der Waals surface area contributed by atoms with Crippen molar-refractivity contribution in [2.24, 2.45) is 28.6 Å². The van der Waals surface area contributed by atoms with Crippen molar-refractivity contribution in [3.63, 3.8) is 0 Å². The molecule has 4 unspecified atom stereocenters. The Balaban J connectivity index is 1.09. The van der Waals surface area contributed by atoms with Gasteiger partial charge >= 0.3 is 6.09 Å². The second kappa shape index (κ2) is 15.1. The summed E-state index contributed by atoms with van der Waals surface area (Å²) in [7, 11) is 0. The molecule has 7 aliphatic carbocycles. The molecule has 0 aliphatic heterocycles. The molecule has 3 aromatic carbocycles. The van der Waals surface area contributed by atoms with Crippen LogP contribution in [0, 0.1) is 35.5 Å². The lowest BCUT2D eigenvalue weighted by molar-refractivity contribution is -0.101. The molecule has 4 aromatic rings. The molecule has 2 N–H and O–H groups in total. The van der Waals surface area contributed by atoms with Crippen LogP contribution < -0.4 is 4.74 Å². The maximum Gasteiger partial charge on any atom is 0.415 e. The minimum Gasteiger partial charge on any atom is -0.410 e. The van der Waals surface area contributed by atoms with Crippen LogP contribution in [0.15, 0.2) is 84.4 Å². The first-order valence-electron chi connectivity index (χ1n) is 21.6. The Morgan fingerprint density at radius 3 is 2.32 bits per heavy atom. The maximum atomic E-state index is 14.7. The number of fused-ring (bicyclic) bond motifs is 9. The lowest BCUT2D eigenvalue weighted by atomic mass is 9.49. The number of carbonyl (C=O) groups excluding carboxylic acids is 2. The van der Waals surface area contributed by atoms with Crippen LogP contribution in [0.5, 0.6) is 5.75 Å². The molecule has 6 bridgehead atoms. The SMILES string of the molecule is CC1=CCCC2(C)C(CCC2(O)CN(CC23CC4CC(CC(C4)C2)C3)C(=O)Oc2ccc3ccccc3c2)c2ccc(cc2C(=O)c2ccc(C)s2)CC(O)CC1. The van der Waals surface area contributed by atoms with Crippen LogP contribution in [0.4, 0.5) is 4.79 Å². The van der Waals surface area contributed by atoms with Gasteiger partial charge in [-0.3, -0.25) is 4.79 Å². The highest BCUT2D eigenvalue weighted by Gasteiger charge is 2.59. The first-order chi connectivity index (χ1) is 27.4. The highest BCUT2D eigenvalue weighted by atomic mass is 32.1. The van der Waals surface area contributed by atoms with Crippen molar-refractivity contribution in [2.45, 2.75) is 122 Å². The second-order valence-electron chi connectivity index (χ2n) is 19.3. The number of nitrogens with zero attached hydrogens (tertiary/aromatic N) is 1. The first-order valence-corrected chi connectivity index (χ1v) is 22.4. The fourth-order valence-corrected chi connectivity index (χ4v) is 13.5. The zero-order valence-electron chi connectivity index (χ0n) is 34.0. The van der Waals surface area contributed by atoms with Gasteiger partial charge in [0.15, 0.2) is 0 Å². The quantitative estimate of drug-likeness (QED) is 0.144. The predicted molar refractivity (Wildman–Crippen MR) is 228 cm³/mol. The number of benzene rings is 3. The number of ketones is 1. The van der Waals surface area contributed by atoms with Crippen LogP contribution in [0.1, 0.15) is 128 Å². The Labute approximate surface area is 342 Å². The summed E-state index contributed by atoms with van der Waals surface area (Å²) in [5.74, 6) is 2.60. The number of ether oxygens (including phenoxy) is 1. The Kier molecular flexibility index (Phi) is 10.3. The number of carbonyl (C=O) groups is 2. The van der Waals surface area contributed by atoms with E-state index in [1.54, 1.807) is 0 Å². The van der Waals surface area contributed by atoms with E-state index in [0.717, 1.165) is 76.6 Å². The van der Waals surface area contributed by atoms with Gasteiger partial charge in [0.05, 0.1) is 23.1 Å². The summed E-state index contributed by atoms with van der Waals surface area (Å²) in [6.07, 6.45) is 13.4. The molecule has 0 saturated heterocycles. The van der Waals surface area contributed by atoms with E-state index in [1.165, 1.54) is 36.2 Å². The summed E-state index contributed by atoms with van der Waals surface area (Å²) in [6.45, 7) is 7.18. The topological polar surface area (TPSA) is 87.1 Å². The van der Waals surface area contributed by atoms with E-state index in [4.69, 9.17) is 4.74 Å². The third kappa shape index (κ3) is 7.53. The smallest absolute Gasteiger partial charge is 0.410 e. The van der Waals surface area contributed by atoms with Gasteiger partial charge in [0, 0.05) is 22.4 Å². The number of hydrogen-bond acceptors (Lipinski definition) is 6. The van der Waals surface area contributed by atoms with Crippen LogP contribution >= 0.6 is 11.3 Å². The second-order valence-corrected chi connectivity index (χ2v) is 20.6. The summed E-state index contributed by atoms with van der Waals surface area (Å²) < 4.78 is 6.31. The molecule has 57 heavy (non-hydrogen) atoms. The fourth-order valence-electron chi connectivity index (χ4n) is 12.7. The molecule has 7 heteroatoms. The average Bonchev–Trinajstić information content (AvgIpc) is 3.72. The maximum absolute atomic E-state index is 14.7. The molecule has 5 saturated carbocycles. The monoisotopic (exact) mass is 785 g/mol. The van der Waals surface area contributed by atoms with E-state index in [9.17, 15) is 19.8 Å². The lowest BCUT2D eigenvalue weighted by Crippen LogP contribution is -2.58. The number of hydrogen-bond donors (Lipinski definition) is 2. The van der Waals surface area contributed by atoms with Gasteiger partial charge in [-0.2, -0.15) is 0 Å². The van der Waals surface area contributed by atoms with Crippen molar-refractivity contribution < 1.29 is 24.5 Å². The zero-order chi connectivity index (χ0) is 39.5. The number of aliphatic hydroxyl groups excluding tert-OH is 1. The summed E-state index contributed by atoms with van der Waals surface area (Å²) in [5.41, 5.74) is 2.00. The van der Waals surface area contributed by atoms with Crippen LogP contribution in [0.2, 0.25) is 0 Å². The van der Waals surface area contributed by atoms with Crippen molar-refractivity contribution in [3.05, 3.63) is 111 Å². The summed E-state index contributed by atoms with van der Waals surface area (Å²) >= 11 is 1.51. The average molecular weight is 786 g/mol. The first kappa shape index (κ1) is 38.7. The van der Waals surface area contributed by atoms with Gasteiger partial charge in [0.25, 0.3) is 0 Å². The largest absolute Gasteiger partial charge is 0.415 e. The molecule has 1 amide bonds. The van der Waals surface area contributed by atoms with E-state index in [2.05, 4.69) is 38.1 Å². The molecular formula is C50H59NO5S. The van der Waals surface area contributed by atoms with Crippen molar-refractivity contribution in [2.75, 3.05) is 13.1 Å². The van der Waals surface area contributed by atoms with Gasteiger partial charge in [0.2, 0.25) is 5.78 Å². The Hall–Kier alpha value is -3.78. The normalized spacial score (nSPS) is 32.2. The highest BCUT2D eigenvalue weighted by molar-refractivity contribution is 7.14. The summed E-state index contributed by atoms with van der Waals surface area (Å²) in [5, 5.41) is 26.6. The van der Waals surface area contributed by atoms with Gasteiger partial charge in [-0.1, -0.05) is 61.0 Å². The van der Waals surface area contributed by atoms with Crippen molar-refractivity contribution in [1.29, 1.82) is 0 Å². The Morgan fingerprint density at radius 2 is 1.60 bits per heavy atom. The lowest BCUT2D eigenvalue weighted by Gasteiger charge is -2.58. The van der Waals surface area contributed by atoms with Crippen LogP contribution in [0.3, 0.4) is 0 Å². The van der Waals surface area contributed by atoms with Gasteiger partial charge < -0.3 is 19.8 Å². The molecule has 11 rings (SSSR count). The fraction of sp³-hybridized carbons (Fsp3) is 0.520. The Bertz CT molecular complexity index is 2170. The predicted octanol–water partition coefficient (Wildman–Crippen LogP) is 11.2. The number of aliphatic hydroxyl groups is 2. The summed E-state index contributed by atoms with van der Waals surface area (Å²) in [6, 6.07) is 24.1. The van der Waals surface area contributed by atoms with Gasteiger partial charge in [0.1, 0.15) is 5.75 Å². The molecule has 1 aromatic heterocycles. The van der Waals surface area contributed by atoms with Gasteiger partial charge in [-0.25, -0.2) is 4.79 Å². The minimum absolute atomic E-state index is 0.00229. The number of allylic oxidation sites excluding steroid dienone is 2. The van der Waals surface area contributed by atoms with Crippen LogP contribution in [0.25, 0.3) is 10.8 Å². The van der Waals surface area contributed by atoms with Crippen molar-refractivity contribution in [1.82, 2.24) is 4.90 Å². The van der Waals surface area contributed by atoms with Gasteiger partial charge in [-0.05, 0) is 179 Å². The number of amides is 1. The molecule has 1 heterocycles. The standard InChI is InChI=1S/C50H59NO5S/c1-32-7-6-19-48(3)44(42-16-12-34(24-40(52)14-10-32)25-43(42)46(53)45-17-11-33(2)57-45)18-20-50(48,55)31-51(30-49-27-35-21-36(28-49)23-37(22-35)29-49)47(54)56-41-15-13-38-8-4-5-9-39(38)26-41/h4-5,7-9,11-13,15-17,25-26,35-37,40,44,52,55H,6,10,14,18-24,27-31H2,1-3H3. The van der Waals surface area contributed by atoms with Gasteiger partial charge in [-0.15, -0.1) is 11.3 Å². The molecule has 6 nitrogen and oxygen atoms in total. The number of aryl methyl sites for hydroxylation is 1. The Morgan fingerprint density at radius 1 is 0.860 bits per heavy atom. The molecule has 0 spiro atoms. The third-order valence-electron chi connectivity index (χ3n) is 15.2. The van der Waals surface area contributed by atoms with E-state index < -0.39 is 17.1 Å². The van der Waals surface area contributed by atoms with Crippen molar-refractivity contribution in [3.8, 4) is 5.75 Å². The molecule has 5 fully saturated rings. The zero-order valence-corrected chi connectivity index (χ0v) is 34.8. The van der Waals surface area contributed by atoms with Crippen LogP contribution in [-0.4, -0.2) is 51.8 Å².